The maximum absolute atomic E-state index is 11.7. The monoisotopic (exact) mass is 367 g/mol. The summed E-state index contributed by atoms with van der Waals surface area (Å²) in [4.78, 5) is 25.6. The van der Waals surface area contributed by atoms with Crippen LogP contribution >= 0.6 is 27.7 Å². The zero-order valence-corrected chi connectivity index (χ0v) is 13.5. The van der Waals surface area contributed by atoms with Crippen molar-refractivity contribution in [3.05, 3.63) is 33.1 Å². The summed E-state index contributed by atoms with van der Waals surface area (Å²) in [6.45, 7) is 1.68. The van der Waals surface area contributed by atoms with E-state index in [0.717, 1.165) is 47.0 Å². The largest absolute Gasteiger partial charge is 0.369 e. The number of hydrogen-bond donors (Lipinski definition) is 2. The van der Waals surface area contributed by atoms with Crippen molar-refractivity contribution in [1.82, 2.24) is 5.32 Å². The van der Waals surface area contributed by atoms with Gasteiger partial charge in [-0.3, -0.25) is 14.9 Å². The Morgan fingerprint density at radius 1 is 1.43 bits per heavy atom. The van der Waals surface area contributed by atoms with Crippen LogP contribution in [0.15, 0.2) is 27.6 Å². The normalized spacial score (nSPS) is 24.0. The third kappa shape index (κ3) is 3.00. The molecule has 1 aromatic carbocycles. The predicted molar refractivity (Wildman–Crippen MR) is 88.1 cm³/mol. The molecule has 0 aliphatic carbocycles. The highest BCUT2D eigenvalue weighted by Crippen LogP contribution is 2.35. The van der Waals surface area contributed by atoms with E-state index in [1.54, 1.807) is 6.08 Å². The number of carbonyl (C=O) groups is 2. The Balaban J connectivity index is 1.99. The number of hydrogen-bond acceptors (Lipinski definition) is 5. The molecule has 1 unspecified atom stereocenters. The number of para-hydroxylation sites is 1. The van der Waals surface area contributed by atoms with Gasteiger partial charge in [-0.05, 0) is 46.3 Å². The number of thioether (sulfide) groups is 1. The van der Waals surface area contributed by atoms with Crippen molar-refractivity contribution in [2.45, 2.75) is 12.5 Å². The molecule has 7 heteroatoms. The minimum absolute atomic E-state index is 0.170. The fourth-order valence-corrected chi connectivity index (χ4v) is 3.84. The smallest absolute Gasteiger partial charge is 0.290 e. The highest BCUT2D eigenvalue weighted by atomic mass is 79.9. The van der Waals surface area contributed by atoms with Crippen molar-refractivity contribution >= 4 is 50.6 Å². The summed E-state index contributed by atoms with van der Waals surface area (Å²) in [7, 11) is 0. The van der Waals surface area contributed by atoms with Crippen LogP contribution in [0.3, 0.4) is 0 Å². The highest BCUT2D eigenvalue weighted by Gasteiger charge is 2.27. The Hall–Kier alpha value is -1.31. The lowest BCUT2D eigenvalue weighted by Gasteiger charge is -2.22. The summed E-state index contributed by atoms with van der Waals surface area (Å²) < 4.78 is 0.959. The van der Waals surface area contributed by atoms with Gasteiger partial charge in [-0.1, -0.05) is 12.1 Å². The molecule has 0 radical (unpaired) electrons. The van der Waals surface area contributed by atoms with E-state index >= 15 is 0 Å². The third-order valence-corrected chi connectivity index (χ3v) is 4.94. The molecule has 0 spiro atoms. The molecule has 5 nitrogen and oxygen atoms in total. The number of benzene rings is 1. The number of imide groups is 1. The summed E-state index contributed by atoms with van der Waals surface area (Å²) in [6.07, 6.45) is 2.71. The van der Waals surface area contributed by atoms with Gasteiger partial charge >= 0.3 is 0 Å². The standard InChI is InChI=1S/C14H14BrN3O2S/c15-10-3-1-2-8(6-11-13(19)17-14(20)21-11)12(10)18-5-4-9(16)7-18/h1-3,6,9H,4-5,7,16H2,(H,17,19,20). The van der Waals surface area contributed by atoms with Crippen molar-refractivity contribution in [1.29, 1.82) is 0 Å². The fraction of sp³-hybridized carbons (Fsp3) is 0.286. The molecule has 0 aromatic heterocycles. The molecule has 2 aliphatic heterocycles. The van der Waals surface area contributed by atoms with Crippen molar-refractivity contribution in [3.8, 4) is 0 Å². The molecule has 3 rings (SSSR count). The number of carbonyl (C=O) groups excluding carboxylic acids is 2. The van der Waals surface area contributed by atoms with Gasteiger partial charge < -0.3 is 10.6 Å². The molecule has 2 saturated heterocycles. The van der Waals surface area contributed by atoms with Gasteiger partial charge in [0.25, 0.3) is 11.1 Å². The third-order valence-electron chi connectivity index (χ3n) is 3.49. The number of anilines is 1. The van der Waals surface area contributed by atoms with Gasteiger partial charge in [0.2, 0.25) is 0 Å². The van der Waals surface area contributed by atoms with E-state index in [0.29, 0.717) is 4.91 Å². The van der Waals surface area contributed by atoms with Crippen LogP contribution in [0.25, 0.3) is 6.08 Å². The molecular weight excluding hydrogens is 354 g/mol. The van der Waals surface area contributed by atoms with Crippen LogP contribution in [-0.4, -0.2) is 30.3 Å². The van der Waals surface area contributed by atoms with Crippen LogP contribution in [0.2, 0.25) is 0 Å². The first-order valence-electron chi connectivity index (χ1n) is 6.58. The van der Waals surface area contributed by atoms with E-state index in [4.69, 9.17) is 5.73 Å². The lowest BCUT2D eigenvalue weighted by Crippen LogP contribution is -2.27. The second kappa shape index (κ2) is 5.82. The average molecular weight is 368 g/mol. The average Bonchev–Trinajstić information content (AvgIpc) is 2.96. The molecule has 21 heavy (non-hydrogen) atoms. The molecule has 2 amide bonds. The van der Waals surface area contributed by atoms with E-state index < -0.39 is 0 Å². The van der Waals surface area contributed by atoms with Crippen LogP contribution in [0, 0.1) is 0 Å². The number of nitrogens with zero attached hydrogens (tertiary/aromatic N) is 1. The van der Waals surface area contributed by atoms with E-state index in [1.807, 2.05) is 18.2 Å². The number of halogens is 1. The number of amides is 2. The molecule has 2 aliphatic rings. The molecule has 110 valence electrons. The van der Waals surface area contributed by atoms with Gasteiger partial charge in [0.05, 0.1) is 10.6 Å². The molecule has 0 bridgehead atoms. The summed E-state index contributed by atoms with van der Waals surface area (Å²) >= 11 is 4.50. The van der Waals surface area contributed by atoms with E-state index in [1.165, 1.54) is 0 Å². The molecule has 1 atom stereocenters. The van der Waals surface area contributed by atoms with Crippen LogP contribution in [0.5, 0.6) is 0 Å². The fourth-order valence-electron chi connectivity index (χ4n) is 2.53. The SMILES string of the molecule is NC1CCN(c2c(Br)cccc2C=C2SC(=O)NC2=O)C1. The maximum atomic E-state index is 11.7. The zero-order chi connectivity index (χ0) is 15.0. The van der Waals surface area contributed by atoms with Crippen LogP contribution in [0.4, 0.5) is 10.5 Å². The second-order valence-corrected chi connectivity index (χ2v) is 6.89. The van der Waals surface area contributed by atoms with Crippen molar-refractivity contribution in [2.24, 2.45) is 5.73 Å². The molecule has 2 heterocycles. The van der Waals surface area contributed by atoms with Gasteiger partial charge in [0.15, 0.2) is 0 Å². The topological polar surface area (TPSA) is 75.4 Å². The summed E-state index contributed by atoms with van der Waals surface area (Å²) in [5.41, 5.74) is 7.91. The lowest BCUT2D eigenvalue weighted by molar-refractivity contribution is -0.115. The first-order chi connectivity index (χ1) is 10.0. The summed E-state index contributed by atoms with van der Waals surface area (Å²) in [5, 5.41) is 1.94. The van der Waals surface area contributed by atoms with E-state index in [9.17, 15) is 9.59 Å². The van der Waals surface area contributed by atoms with Gasteiger partial charge in [0.1, 0.15) is 0 Å². The summed E-state index contributed by atoms with van der Waals surface area (Å²) in [5.74, 6) is -0.339. The first kappa shape index (κ1) is 14.6. The second-order valence-electron chi connectivity index (χ2n) is 5.02. The number of nitrogens with one attached hydrogen (secondary N) is 1. The zero-order valence-electron chi connectivity index (χ0n) is 11.1. The molecular formula is C14H14BrN3O2S. The van der Waals surface area contributed by atoms with Gasteiger partial charge in [-0.15, -0.1) is 0 Å². The van der Waals surface area contributed by atoms with Crippen LogP contribution in [0.1, 0.15) is 12.0 Å². The van der Waals surface area contributed by atoms with Crippen LogP contribution < -0.4 is 16.0 Å². The minimum Gasteiger partial charge on any atom is -0.369 e. The van der Waals surface area contributed by atoms with Crippen molar-refractivity contribution in [3.63, 3.8) is 0 Å². The van der Waals surface area contributed by atoms with Gasteiger partial charge in [-0.25, -0.2) is 0 Å². The Morgan fingerprint density at radius 2 is 2.24 bits per heavy atom. The van der Waals surface area contributed by atoms with Crippen LogP contribution in [-0.2, 0) is 4.79 Å². The van der Waals surface area contributed by atoms with Gasteiger partial charge in [-0.2, -0.15) is 0 Å². The van der Waals surface area contributed by atoms with Crippen molar-refractivity contribution in [2.75, 3.05) is 18.0 Å². The first-order valence-corrected chi connectivity index (χ1v) is 8.19. The summed E-state index contributed by atoms with van der Waals surface area (Å²) in [6, 6.07) is 5.99. The Morgan fingerprint density at radius 3 is 2.86 bits per heavy atom. The molecule has 0 saturated carbocycles. The highest BCUT2D eigenvalue weighted by molar-refractivity contribution is 9.10. The molecule has 2 fully saturated rings. The maximum Gasteiger partial charge on any atom is 0.290 e. The van der Waals surface area contributed by atoms with Gasteiger partial charge in [0, 0.05) is 29.2 Å². The number of rotatable bonds is 2. The Kier molecular flexibility index (Phi) is 4.05. The number of nitrogens with two attached hydrogens (primary N) is 1. The van der Waals surface area contributed by atoms with Crippen molar-refractivity contribution < 1.29 is 9.59 Å². The molecule has 1 aromatic rings. The lowest BCUT2D eigenvalue weighted by atomic mass is 10.1. The van der Waals surface area contributed by atoms with E-state index in [-0.39, 0.29) is 17.2 Å². The predicted octanol–water partition coefficient (Wildman–Crippen LogP) is 2.31. The Bertz CT molecular complexity index is 647. The molecule has 3 N–H and O–H groups in total. The quantitative estimate of drug-likeness (QED) is 0.784. The minimum atomic E-state index is -0.339. The van der Waals surface area contributed by atoms with E-state index in [2.05, 4.69) is 26.1 Å². The Labute approximate surface area is 135 Å².